The predicted octanol–water partition coefficient (Wildman–Crippen LogP) is 6.06. The van der Waals surface area contributed by atoms with Gasteiger partial charge in [0.15, 0.2) is 0 Å². The van der Waals surface area contributed by atoms with Crippen LogP contribution in [0.3, 0.4) is 0 Å². The van der Waals surface area contributed by atoms with Crippen molar-refractivity contribution in [3.8, 4) is 16.9 Å². The first kappa shape index (κ1) is 13.8. The second-order valence-corrected chi connectivity index (χ2v) is 5.72. The summed E-state index contributed by atoms with van der Waals surface area (Å²) in [5, 5.41) is 4.99. The Morgan fingerprint density at radius 3 is 1.96 bits per heavy atom. The van der Waals surface area contributed by atoms with Crippen molar-refractivity contribution in [1.29, 1.82) is 0 Å². The molecule has 4 aromatic carbocycles. The molecule has 0 fully saturated rings. The highest BCUT2D eigenvalue weighted by Gasteiger charge is 2.03. The summed E-state index contributed by atoms with van der Waals surface area (Å²) in [6, 6.07) is 28.0. The topological polar surface area (TPSA) is 9.23 Å². The van der Waals surface area contributed by atoms with Crippen LogP contribution < -0.4 is 4.74 Å². The van der Waals surface area contributed by atoms with Gasteiger partial charge in [-0.25, -0.2) is 0 Å². The van der Waals surface area contributed by atoms with Gasteiger partial charge < -0.3 is 4.74 Å². The van der Waals surface area contributed by atoms with Crippen LogP contribution in [0.4, 0.5) is 0 Å². The lowest BCUT2D eigenvalue weighted by molar-refractivity contribution is 0.341. The molecule has 23 heavy (non-hydrogen) atoms. The molecule has 112 valence electrons. The summed E-state index contributed by atoms with van der Waals surface area (Å²) in [5.41, 5.74) is 2.48. The van der Waals surface area contributed by atoms with E-state index in [2.05, 4.69) is 72.8 Å². The molecular formula is C22H18O. The highest BCUT2D eigenvalue weighted by Crippen LogP contribution is 2.29. The van der Waals surface area contributed by atoms with E-state index < -0.39 is 0 Å². The predicted molar refractivity (Wildman–Crippen MR) is 98.1 cm³/mol. The Hall–Kier alpha value is -2.80. The Bertz CT molecular complexity index is 985. The molecule has 4 aromatic rings. The average molecular weight is 298 g/mol. The van der Waals surface area contributed by atoms with E-state index in [1.807, 2.05) is 13.0 Å². The third kappa shape index (κ3) is 2.66. The number of fused-ring (bicyclic) bond motifs is 2. The number of rotatable bonds is 3. The van der Waals surface area contributed by atoms with Crippen LogP contribution in [-0.2, 0) is 0 Å². The van der Waals surface area contributed by atoms with Gasteiger partial charge in [-0.1, -0.05) is 54.6 Å². The second kappa shape index (κ2) is 5.77. The molecule has 0 heterocycles. The van der Waals surface area contributed by atoms with E-state index in [1.54, 1.807) is 0 Å². The molecule has 0 radical (unpaired) electrons. The lowest BCUT2D eigenvalue weighted by Crippen LogP contribution is -1.90. The van der Waals surface area contributed by atoms with Gasteiger partial charge in [0.2, 0.25) is 0 Å². The van der Waals surface area contributed by atoms with E-state index in [4.69, 9.17) is 4.74 Å². The summed E-state index contributed by atoms with van der Waals surface area (Å²) in [4.78, 5) is 0. The number of hydrogen-bond acceptors (Lipinski definition) is 1. The molecule has 0 aliphatic heterocycles. The highest BCUT2D eigenvalue weighted by atomic mass is 16.5. The third-order valence-electron chi connectivity index (χ3n) is 4.21. The molecular weight excluding hydrogens is 280 g/mol. The van der Waals surface area contributed by atoms with Gasteiger partial charge in [-0.15, -0.1) is 0 Å². The molecule has 0 amide bonds. The summed E-state index contributed by atoms with van der Waals surface area (Å²) in [6.07, 6.45) is 0. The normalized spacial score (nSPS) is 11.0. The van der Waals surface area contributed by atoms with Crippen molar-refractivity contribution >= 4 is 21.5 Å². The molecule has 0 aliphatic rings. The van der Waals surface area contributed by atoms with Crippen LogP contribution in [0.15, 0.2) is 78.9 Å². The smallest absolute Gasteiger partial charge is 0.119 e. The first-order valence-corrected chi connectivity index (χ1v) is 7.99. The molecule has 0 saturated heterocycles. The molecule has 0 spiro atoms. The maximum atomic E-state index is 5.62. The average Bonchev–Trinajstić information content (AvgIpc) is 2.61. The molecule has 0 N–H and O–H groups in total. The lowest BCUT2D eigenvalue weighted by Gasteiger charge is -2.08. The van der Waals surface area contributed by atoms with Gasteiger partial charge in [0.25, 0.3) is 0 Å². The Balaban J connectivity index is 1.82. The summed E-state index contributed by atoms with van der Waals surface area (Å²) in [6.45, 7) is 2.70. The Morgan fingerprint density at radius 2 is 1.22 bits per heavy atom. The standard InChI is InChI=1S/C22H18O/c1-2-23-22-12-11-17-8-10-20(14-21(17)15-22)19-9-7-16-5-3-4-6-18(16)13-19/h3-15H,2H2,1H3. The van der Waals surface area contributed by atoms with Crippen LogP contribution in [0.25, 0.3) is 32.7 Å². The van der Waals surface area contributed by atoms with Gasteiger partial charge in [0.05, 0.1) is 6.61 Å². The zero-order valence-electron chi connectivity index (χ0n) is 13.1. The minimum Gasteiger partial charge on any atom is -0.494 e. The summed E-state index contributed by atoms with van der Waals surface area (Å²) in [7, 11) is 0. The molecule has 0 saturated carbocycles. The fraction of sp³-hybridized carbons (Fsp3) is 0.0909. The first-order valence-electron chi connectivity index (χ1n) is 7.99. The molecule has 0 aromatic heterocycles. The van der Waals surface area contributed by atoms with Gasteiger partial charge in [0.1, 0.15) is 5.75 Å². The summed E-state index contributed by atoms with van der Waals surface area (Å²) < 4.78 is 5.62. The second-order valence-electron chi connectivity index (χ2n) is 5.72. The van der Waals surface area contributed by atoms with Crippen molar-refractivity contribution in [2.45, 2.75) is 6.92 Å². The van der Waals surface area contributed by atoms with Gasteiger partial charge in [-0.2, -0.15) is 0 Å². The minimum absolute atomic E-state index is 0.690. The fourth-order valence-corrected chi connectivity index (χ4v) is 3.03. The van der Waals surface area contributed by atoms with E-state index in [0.29, 0.717) is 6.61 Å². The van der Waals surface area contributed by atoms with Crippen molar-refractivity contribution < 1.29 is 4.74 Å². The van der Waals surface area contributed by atoms with Gasteiger partial charge >= 0.3 is 0 Å². The van der Waals surface area contributed by atoms with Crippen LogP contribution in [0, 0.1) is 0 Å². The monoisotopic (exact) mass is 298 g/mol. The number of ether oxygens (including phenoxy) is 1. The van der Waals surface area contributed by atoms with Crippen molar-refractivity contribution in [3.05, 3.63) is 78.9 Å². The van der Waals surface area contributed by atoms with Crippen LogP contribution >= 0.6 is 0 Å². The molecule has 1 nitrogen and oxygen atoms in total. The SMILES string of the molecule is CCOc1ccc2ccc(-c3ccc4ccccc4c3)cc2c1. The van der Waals surface area contributed by atoms with Crippen LogP contribution in [0.2, 0.25) is 0 Å². The van der Waals surface area contributed by atoms with Crippen molar-refractivity contribution in [2.75, 3.05) is 6.61 Å². The molecule has 0 unspecified atom stereocenters. The fourth-order valence-electron chi connectivity index (χ4n) is 3.03. The maximum Gasteiger partial charge on any atom is 0.119 e. The van der Waals surface area contributed by atoms with E-state index in [1.165, 1.54) is 32.7 Å². The van der Waals surface area contributed by atoms with Crippen molar-refractivity contribution in [1.82, 2.24) is 0 Å². The van der Waals surface area contributed by atoms with E-state index in [0.717, 1.165) is 5.75 Å². The third-order valence-corrected chi connectivity index (χ3v) is 4.21. The Morgan fingerprint density at radius 1 is 0.609 bits per heavy atom. The Labute approximate surface area is 136 Å². The van der Waals surface area contributed by atoms with Gasteiger partial charge in [0, 0.05) is 0 Å². The maximum absolute atomic E-state index is 5.62. The lowest BCUT2D eigenvalue weighted by atomic mass is 9.98. The van der Waals surface area contributed by atoms with Crippen LogP contribution in [0.5, 0.6) is 5.75 Å². The van der Waals surface area contributed by atoms with E-state index in [-0.39, 0.29) is 0 Å². The zero-order chi connectivity index (χ0) is 15.6. The minimum atomic E-state index is 0.690. The molecule has 4 rings (SSSR count). The highest BCUT2D eigenvalue weighted by molar-refractivity contribution is 5.91. The molecule has 1 heteroatoms. The largest absolute Gasteiger partial charge is 0.494 e. The van der Waals surface area contributed by atoms with Gasteiger partial charge in [-0.05, 0) is 63.9 Å². The summed E-state index contributed by atoms with van der Waals surface area (Å²) >= 11 is 0. The van der Waals surface area contributed by atoms with Gasteiger partial charge in [-0.3, -0.25) is 0 Å². The van der Waals surface area contributed by atoms with Crippen molar-refractivity contribution in [3.63, 3.8) is 0 Å². The molecule has 0 aliphatic carbocycles. The van der Waals surface area contributed by atoms with Crippen LogP contribution in [-0.4, -0.2) is 6.61 Å². The first-order chi connectivity index (χ1) is 11.3. The Kier molecular flexibility index (Phi) is 3.47. The van der Waals surface area contributed by atoms with Crippen molar-refractivity contribution in [2.24, 2.45) is 0 Å². The summed E-state index contributed by atoms with van der Waals surface area (Å²) in [5.74, 6) is 0.927. The molecule has 0 atom stereocenters. The van der Waals surface area contributed by atoms with E-state index in [9.17, 15) is 0 Å². The molecule has 0 bridgehead atoms. The van der Waals surface area contributed by atoms with Crippen LogP contribution in [0.1, 0.15) is 6.92 Å². The van der Waals surface area contributed by atoms with E-state index >= 15 is 0 Å². The number of hydrogen-bond donors (Lipinski definition) is 0. The number of benzene rings is 4. The zero-order valence-corrected chi connectivity index (χ0v) is 13.1. The quantitative estimate of drug-likeness (QED) is 0.447.